The molecule has 1 amide bonds. The molecule has 9 heteroatoms. The van der Waals surface area contributed by atoms with Crippen LogP contribution < -0.4 is 10.0 Å². The Hall–Kier alpha value is -2.91. The molecule has 2 aliphatic rings. The Labute approximate surface area is 174 Å². The van der Waals surface area contributed by atoms with Gasteiger partial charge in [0.15, 0.2) is 0 Å². The Morgan fingerprint density at radius 3 is 2.63 bits per heavy atom. The van der Waals surface area contributed by atoms with Gasteiger partial charge in [0.1, 0.15) is 10.6 Å². The maximum atomic E-state index is 12.8. The van der Waals surface area contributed by atoms with Crippen LogP contribution in [0.2, 0.25) is 0 Å². The highest BCUT2D eigenvalue weighted by Gasteiger charge is 2.43. The predicted octanol–water partition coefficient (Wildman–Crippen LogP) is 2.15. The largest absolute Gasteiger partial charge is 0.365 e. The van der Waals surface area contributed by atoms with Crippen LogP contribution >= 0.6 is 0 Å². The number of nitrogens with one attached hydrogen (secondary N) is 2. The van der Waals surface area contributed by atoms with E-state index in [2.05, 4.69) is 15.0 Å². The zero-order valence-electron chi connectivity index (χ0n) is 16.4. The van der Waals surface area contributed by atoms with Gasteiger partial charge in [0.25, 0.3) is 0 Å². The lowest BCUT2D eigenvalue weighted by Gasteiger charge is -2.45. The molecule has 8 nitrogen and oxygen atoms in total. The fraction of sp³-hybridized carbons (Fsp3) is 0.333. The van der Waals surface area contributed by atoms with Gasteiger partial charge in [0.05, 0.1) is 23.0 Å². The van der Waals surface area contributed by atoms with E-state index in [1.807, 2.05) is 39.8 Å². The quantitative estimate of drug-likeness (QED) is 0.670. The molecule has 5 rings (SSSR count). The molecule has 156 valence electrons. The first-order valence-corrected chi connectivity index (χ1v) is 11.5. The number of carbonyl (C=O) groups is 1. The summed E-state index contributed by atoms with van der Waals surface area (Å²) in [5.74, 6) is 0.0710. The third-order valence-corrected chi connectivity index (χ3v) is 7.54. The van der Waals surface area contributed by atoms with Crippen LogP contribution in [-0.2, 0) is 21.4 Å². The number of amides is 1. The van der Waals surface area contributed by atoms with Crippen molar-refractivity contribution in [2.75, 3.05) is 18.4 Å². The molecule has 0 atom stereocenters. The van der Waals surface area contributed by atoms with E-state index in [0.29, 0.717) is 44.6 Å². The number of piperidine rings is 1. The minimum atomic E-state index is -3.57. The summed E-state index contributed by atoms with van der Waals surface area (Å²) < 4.78 is 30.1. The van der Waals surface area contributed by atoms with E-state index in [1.165, 1.54) is 0 Å². The molecule has 3 aromatic rings. The second-order valence-corrected chi connectivity index (χ2v) is 9.52. The summed E-state index contributed by atoms with van der Waals surface area (Å²) in [6.45, 7) is 1.57. The Morgan fingerprint density at radius 1 is 1.07 bits per heavy atom. The number of para-hydroxylation sites is 3. The van der Waals surface area contributed by atoms with Crippen molar-refractivity contribution >= 4 is 32.7 Å². The summed E-state index contributed by atoms with van der Waals surface area (Å²) >= 11 is 0. The molecule has 0 unspecified atom stereocenters. The van der Waals surface area contributed by atoms with Gasteiger partial charge in [-0.3, -0.25) is 4.79 Å². The van der Waals surface area contributed by atoms with Crippen LogP contribution in [0.15, 0.2) is 59.8 Å². The number of sulfonamides is 1. The van der Waals surface area contributed by atoms with Gasteiger partial charge in [0.2, 0.25) is 15.9 Å². The van der Waals surface area contributed by atoms with Gasteiger partial charge in [-0.1, -0.05) is 24.3 Å². The Balaban J connectivity index is 1.23. The average molecular weight is 426 g/mol. The standard InChI is InChI=1S/C21H23N5O3S/c27-20(9-12-26-15-22-16-5-1-3-7-18(16)26)25-13-10-21(11-14-25)23-17-6-2-4-8-19(17)30(28,29)24-21/h1-8,15,23-24H,9-14H2. The highest BCUT2D eigenvalue weighted by molar-refractivity contribution is 7.89. The molecule has 3 heterocycles. The van der Waals surface area contributed by atoms with Crippen LogP contribution in [0.3, 0.4) is 0 Å². The number of aromatic nitrogens is 2. The molecule has 1 aromatic heterocycles. The summed E-state index contributed by atoms with van der Waals surface area (Å²) in [6, 6.07) is 14.8. The van der Waals surface area contributed by atoms with Gasteiger partial charge in [-0.2, -0.15) is 4.72 Å². The number of fused-ring (bicyclic) bond motifs is 2. The number of rotatable bonds is 3. The molecule has 2 aliphatic heterocycles. The Kier molecular flexibility index (Phi) is 4.52. The molecule has 0 aliphatic carbocycles. The van der Waals surface area contributed by atoms with Crippen molar-refractivity contribution in [1.82, 2.24) is 19.2 Å². The van der Waals surface area contributed by atoms with E-state index in [-0.39, 0.29) is 10.8 Å². The first-order valence-electron chi connectivity index (χ1n) is 10.0. The second-order valence-electron chi connectivity index (χ2n) is 7.87. The molecular weight excluding hydrogens is 402 g/mol. The zero-order valence-corrected chi connectivity index (χ0v) is 17.2. The number of carbonyl (C=O) groups excluding carboxylic acids is 1. The van der Waals surface area contributed by atoms with E-state index < -0.39 is 15.7 Å². The number of anilines is 1. The van der Waals surface area contributed by atoms with E-state index >= 15 is 0 Å². The predicted molar refractivity (Wildman–Crippen MR) is 113 cm³/mol. The third-order valence-electron chi connectivity index (χ3n) is 5.94. The number of imidazole rings is 1. The molecule has 1 spiro atoms. The minimum absolute atomic E-state index is 0.0710. The van der Waals surface area contributed by atoms with Gasteiger partial charge >= 0.3 is 0 Å². The molecule has 2 N–H and O–H groups in total. The smallest absolute Gasteiger partial charge is 0.244 e. The molecule has 30 heavy (non-hydrogen) atoms. The second kappa shape index (κ2) is 7.10. The summed E-state index contributed by atoms with van der Waals surface area (Å²) in [5.41, 5.74) is 1.80. The number of aryl methyl sites for hydroxylation is 1. The normalized spacial score (nSPS) is 19.4. The SMILES string of the molecule is O=C(CCn1cnc2ccccc21)N1CCC2(CC1)Nc1ccccc1S(=O)(=O)N2. The van der Waals surface area contributed by atoms with Crippen molar-refractivity contribution in [3.8, 4) is 0 Å². The minimum Gasteiger partial charge on any atom is -0.365 e. The molecule has 0 saturated carbocycles. The van der Waals surface area contributed by atoms with Crippen LogP contribution in [0.4, 0.5) is 5.69 Å². The van der Waals surface area contributed by atoms with Crippen LogP contribution in [0.1, 0.15) is 19.3 Å². The molecule has 1 fully saturated rings. The summed E-state index contributed by atoms with van der Waals surface area (Å²) in [4.78, 5) is 19.2. The summed E-state index contributed by atoms with van der Waals surface area (Å²) in [7, 11) is -3.57. The molecule has 0 bridgehead atoms. The maximum Gasteiger partial charge on any atom is 0.244 e. The highest BCUT2D eigenvalue weighted by atomic mass is 32.2. The first-order chi connectivity index (χ1) is 14.5. The molecule has 0 radical (unpaired) electrons. The van der Waals surface area contributed by atoms with Gasteiger partial charge in [-0.25, -0.2) is 13.4 Å². The number of hydrogen-bond acceptors (Lipinski definition) is 5. The lowest BCUT2D eigenvalue weighted by Crippen LogP contribution is -2.62. The van der Waals surface area contributed by atoms with Gasteiger partial charge in [-0.05, 0) is 24.3 Å². The number of nitrogens with zero attached hydrogens (tertiary/aromatic N) is 3. The van der Waals surface area contributed by atoms with E-state index in [4.69, 9.17) is 0 Å². The van der Waals surface area contributed by atoms with Gasteiger partial charge in [0, 0.05) is 38.9 Å². The molecule has 2 aromatic carbocycles. The van der Waals surface area contributed by atoms with Gasteiger partial charge < -0.3 is 14.8 Å². The fourth-order valence-electron chi connectivity index (χ4n) is 4.33. The van der Waals surface area contributed by atoms with Crippen molar-refractivity contribution < 1.29 is 13.2 Å². The number of hydrogen-bond donors (Lipinski definition) is 2. The Morgan fingerprint density at radius 2 is 1.80 bits per heavy atom. The van der Waals surface area contributed by atoms with E-state index in [1.54, 1.807) is 24.5 Å². The fourth-order valence-corrected chi connectivity index (χ4v) is 5.87. The maximum absolute atomic E-state index is 12.8. The summed E-state index contributed by atoms with van der Waals surface area (Å²) in [6.07, 6.45) is 3.18. The van der Waals surface area contributed by atoms with Crippen LogP contribution in [0.25, 0.3) is 11.0 Å². The van der Waals surface area contributed by atoms with E-state index in [0.717, 1.165) is 11.0 Å². The third kappa shape index (κ3) is 3.33. The van der Waals surface area contributed by atoms with Crippen molar-refractivity contribution in [3.63, 3.8) is 0 Å². The van der Waals surface area contributed by atoms with Crippen molar-refractivity contribution in [2.24, 2.45) is 0 Å². The van der Waals surface area contributed by atoms with Crippen LogP contribution in [0.5, 0.6) is 0 Å². The highest BCUT2D eigenvalue weighted by Crippen LogP contribution is 2.34. The molecule has 1 saturated heterocycles. The lowest BCUT2D eigenvalue weighted by molar-refractivity contribution is -0.132. The summed E-state index contributed by atoms with van der Waals surface area (Å²) in [5, 5.41) is 3.36. The van der Waals surface area contributed by atoms with E-state index in [9.17, 15) is 13.2 Å². The zero-order chi connectivity index (χ0) is 20.8. The Bertz CT molecular complexity index is 1210. The topological polar surface area (TPSA) is 96.3 Å². The van der Waals surface area contributed by atoms with Gasteiger partial charge in [-0.15, -0.1) is 0 Å². The lowest BCUT2D eigenvalue weighted by atomic mass is 9.96. The van der Waals surface area contributed by atoms with Crippen molar-refractivity contribution in [2.45, 2.75) is 36.4 Å². The van der Waals surface area contributed by atoms with Crippen molar-refractivity contribution in [1.29, 1.82) is 0 Å². The van der Waals surface area contributed by atoms with Crippen LogP contribution in [0, 0.1) is 0 Å². The first kappa shape index (κ1) is 19.1. The number of benzene rings is 2. The van der Waals surface area contributed by atoms with Crippen LogP contribution in [-0.4, -0.2) is 47.5 Å². The average Bonchev–Trinajstić information content (AvgIpc) is 3.15. The number of likely N-dealkylation sites (tertiary alicyclic amines) is 1. The van der Waals surface area contributed by atoms with Crippen molar-refractivity contribution in [3.05, 3.63) is 54.9 Å². The monoisotopic (exact) mass is 425 g/mol. The molecular formula is C21H23N5O3S.